The predicted octanol–water partition coefficient (Wildman–Crippen LogP) is 0.825. The molecule has 0 bridgehead atoms. The van der Waals surface area contributed by atoms with Crippen LogP contribution < -0.4 is 0 Å². The summed E-state index contributed by atoms with van der Waals surface area (Å²) in [5, 5.41) is 16.5. The molecule has 3 nitrogen and oxygen atoms in total. The largest absolute Gasteiger partial charge is 0.479 e. The second kappa shape index (κ2) is 3.08. The Bertz CT molecular complexity index is 161. The van der Waals surface area contributed by atoms with Gasteiger partial charge in [-0.2, -0.15) is 0 Å². The van der Waals surface area contributed by atoms with E-state index >= 15 is 0 Å². The maximum Gasteiger partial charge on any atom is 0.339 e. The number of carboxylic acids is 1. The highest BCUT2D eigenvalue weighted by atomic mass is 31.0. The first kappa shape index (κ1) is 8.95. The van der Waals surface area contributed by atoms with E-state index < -0.39 is 11.3 Å². The number of hydrogen-bond donors (Lipinski definition) is 2. The van der Waals surface area contributed by atoms with Crippen molar-refractivity contribution in [1.82, 2.24) is 0 Å². The highest BCUT2D eigenvalue weighted by Crippen LogP contribution is 2.38. The molecule has 1 aliphatic rings. The summed E-state index contributed by atoms with van der Waals surface area (Å²) in [5.74, 6) is -1.21. The first-order chi connectivity index (χ1) is 5.05. The zero-order valence-electron chi connectivity index (χ0n) is 6.29. The topological polar surface area (TPSA) is 57.5 Å². The minimum Gasteiger partial charge on any atom is -0.479 e. The van der Waals surface area contributed by atoms with Crippen LogP contribution in [0.2, 0.25) is 0 Å². The molecule has 1 saturated carbocycles. The molecule has 1 unspecified atom stereocenters. The average Bonchev–Trinajstić information content (AvgIpc) is 2.37. The molecule has 0 aromatic rings. The van der Waals surface area contributed by atoms with E-state index in [4.69, 9.17) is 5.11 Å². The summed E-state index contributed by atoms with van der Waals surface area (Å²) in [7, 11) is 2.03. The normalized spacial score (nSPS) is 24.9. The van der Waals surface area contributed by atoms with Crippen LogP contribution in [-0.4, -0.2) is 21.5 Å². The lowest BCUT2D eigenvalue weighted by atomic mass is 10.0. The Morgan fingerprint density at radius 2 is 1.91 bits per heavy atom. The van der Waals surface area contributed by atoms with Crippen molar-refractivity contribution in [1.29, 1.82) is 0 Å². The molecule has 0 spiro atoms. The molecular weight excluding hydrogens is 163 g/mol. The number of aliphatic carboxylic acids is 1. The molecule has 0 radical (unpaired) electrons. The van der Waals surface area contributed by atoms with Crippen LogP contribution in [0, 0.1) is 5.92 Å². The molecule has 1 rings (SSSR count). The quantitative estimate of drug-likeness (QED) is 0.612. The van der Waals surface area contributed by atoms with Gasteiger partial charge in [-0.1, -0.05) is 22.1 Å². The van der Waals surface area contributed by atoms with E-state index in [2.05, 4.69) is 0 Å². The van der Waals surface area contributed by atoms with Gasteiger partial charge in [0.25, 0.3) is 0 Å². The van der Waals surface area contributed by atoms with Gasteiger partial charge in [0, 0.05) is 5.92 Å². The zero-order valence-corrected chi connectivity index (χ0v) is 7.44. The molecule has 64 valence electrons. The predicted molar refractivity (Wildman–Crippen MR) is 44.3 cm³/mol. The highest BCUT2D eigenvalue weighted by Gasteiger charge is 2.40. The Labute approximate surface area is 68.0 Å². The van der Waals surface area contributed by atoms with Gasteiger partial charge in [-0.15, -0.1) is 0 Å². The van der Waals surface area contributed by atoms with Crippen molar-refractivity contribution in [3.05, 3.63) is 0 Å². The van der Waals surface area contributed by atoms with Crippen molar-refractivity contribution < 1.29 is 15.0 Å². The fourth-order valence-corrected chi connectivity index (χ4v) is 1.87. The van der Waals surface area contributed by atoms with Gasteiger partial charge in [-0.05, 0) is 12.8 Å². The molecule has 0 aromatic carbocycles. The highest BCUT2D eigenvalue weighted by molar-refractivity contribution is 7.20. The Hall–Kier alpha value is -0.140. The van der Waals surface area contributed by atoms with Crippen molar-refractivity contribution in [3.8, 4) is 0 Å². The standard InChI is InChI=1S/C7H13O3P/c8-6(9)7(10,11)5-3-1-2-4-5/h5,10H,1-4,11H2,(H,8,9)/t7-/m1/s1. The molecular formula is C7H13O3P. The molecule has 0 saturated heterocycles. The van der Waals surface area contributed by atoms with Crippen molar-refractivity contribution in [2.45, 2.75) is 31.0 Å². The van der Waals surface area contributed by atoms with Gasteiger partial charge in [0.1, 0.15) is 0 Å². The molecule has 2 atom stereocenters. The Balaban J connectivity index is 2.62. The monoisotopic (exact) mass is 176 g/mol. The van der Waals surface area contributed by atoms with Gasteiger partial charge in [-0.3, -0.25) is 0 Å². The van der Waals surface area contributed by atoms with Crippen LogP contribution in [0.15, 0.2) is 0 Å². The third-order valence-electron chi connectivity index (χ3n) is 2.32. The smallest absolute Gasteiger partial charge is 0.339 e. The van der Waals surface area contributed by atoms with Crippen LogP contribution in [0.25, 0.3) is 0 Å². The Morgan fingerprint density at radius 1 is 1.45 bits per heavy atom. The maximum absolute atomic E-state index is 10.5. The lowest BCUT2D eigenvalue weighted by Gasteiger charge is -2.24. The van der Waals surface area contributed by atoms with E-state index in [1.807, 2.05) is 9.24 Å². The third-order valence-corrected chi connectivity index (χ3v) is 3.04. The minimum atomic E-state index is -1.59. The summed E-state index contributed by atoms with van der Waals surface area (Å²) < 4.78 is 0. The molecule has 0 heterocycles. The molecule has 2 N–H and O–H groups in total. The second-order valence-corrected chi connectivity index (χ2v) is 3.99. The van der Waals surface area contributed by atoms with E-state index in [0.29, 0.717) is 0 Å². The number of hydrogen-bond acceptors (Lipinski definition) is 2. The van der Waals surface area contributed by atoms with E-state index in [1.54, 1.807) is 0 Å². The van der Waals surface area contributed by atoms with Crippen LogP contribution >= 0.6 is 9.24 Å². The molecule has 1 fully saturated rings. The van der Waals surface area contributed by atoms with Gasteiger partial charge in [0.15, 0.2) is 5.34 Å². The summed E-state index contributed by atoms with van der Waals surface area (Å²) >= 11 is 0. The van der Waals surface area contributed by atoms with Crippen molar-refractivity contribution in [3.63, 3.8) is 0 Å². The number of rotatable bonds is 2. The first-order valence-electron chi connectivity index (χ1n) is 3.80. The van der Waals surface area contributed by atoms with Gasteiger partial charge in [-0.25, -0.2) is 4.79 Å². The van der Waals surface area contributed by atoms with Crippen molar-refractivity contribution in [2.75, 3.05) is 0 Å². The van der Waals surface area contributed by atoms with E-state index in [0.717, 1.165) is 25.7 Å². The lowest BCUT2D eigenvalue weighted by molar-refractivity contribution is -0.153. The van der Waals surface area contributed by atoms with E-state index in [1.165, 1.54) is 0 Å². The fraction of sp³-hybridized carbons (Fsp3) is 0.857. The van der Waals surface area contributed by atoms with Crippen molar-refractivity contribution >= 4 is 15.2 Å². The van der Waals surface area contributed by atoms with Crippen LogP contribution in [0.1, 0.15) is 25.7 Å². The summed E-state index contributed by atoms with van der Waals surface area (Å²) in [6.07, 6.45) is 3.72. The van der Waals surface area contributed by atoms with Gasteiger partial charge in [0.05, 0.1) is 0 Å². The minimum absolute atomic E-state index is 0.0787. The Kier molecular flexibility index (Phi) is 2.50. The first-order valence-corrected chi connectivity index (χ1v) is 4.37. The molecule has 0 aromatic heterocycles. The summed E-state index contributed by atoms with van der Waals surface area (Å²) in [6, 6.07) is 0. The summed E-state index contributed by atoms with van der Waals surface area (Å²) in [4.78, 5) is 10.5. The summed E-state index contributed by atoms with van der Waals surface area (Å²) in [6.45, 7) is 0. The van der Waals surface area contributed by atoms with Crippen molar-refractivity contribution in [2.24, 2.45) is 5.92 Å². The van der Waals surface area contributed by atoms with Crippen LogP contribution in [0.4, 0.5) is 0 Å². The second-order valence-electron chi connectivity index (χ2n) is 3.11. The Morgan fingerprint density at radius 3 is 2.27 bits per heavy atom. The van der Waals surface area contributed by atoms with Crippen LogP contribution in [0.5, 0.6) is 0 Å². The molecule has 0 amide bonds. The molecule has 0 aliphatic heterocycles. The molecule has 1 aliphatic carbocycles. The van der Waals surface area contributed by atoms with E-state index in [-0.39, 0.29) is 5.92 Å². The lowest BCUT2D eigenvalue weighted by Crippen LogP contribution is -2.38. The van der Waals surface area contributed by atoms with E-state index in [9.17, 15) is 9.90 Å². The summed E-state index contributed by atoms with van der Waals surface area (Å²) in [5.41, 5.74) is 0. The number of aliphatic hydroxyl groups is 1. The van der Waals surface area contributed by atoms with Crippen LogP contribution in [-0.2, 0) is 4.79 Å². The van der Waals surface area contributed by atoms with Gasteiger partial charge in [0.2, 0.25) is 0 Å². The zero-order chi connectivity index (χ0) is 8.48. The molecule has 11 heavy (non-hydrogen) atoms. The van der Waals surface area contributed by atoms with Crippen LogP contribution in [0.3, 0.4) is 0 Å². The van der Waals surface area contributed by atoms with Gasteiger partial charge < -0.3 is 10.2 Å². The average molecular weight is 176 g/mol. The molecule has 4 heteroatoms. The SMILES string of the molecule is O=C(O)[C@](O)(P)C1CCCC1. The number of carbonyl (C=O) groups is 1. The third kappa shape index (κ3) is 1.71. The fourth-order valence-electron chi connectivity index (χ4n) is 1.54. The maximum atomic E-state index is 10.5. The van der Waals surface area contributed by atoms with Gasteiger partial charge >= 0.3 is 5.97 Å². The number of carboxylic acid groups (broad SMARTS) is 1.